The Labute approximate surface area is 75.0 Å². The fourth-order valence-electron chi connectivity index (χ4n) is 1.00. The Kier molecular flexibility index (Phi) is 3.00. The van der Waals surface area contributed by atoms with Gasteiger partial charge in [-0.25, -0.2) is 0 Å². The first-order valence-corrected chi connectivity index (χ1v) is 3.70. The number of aromatic nitrogens is 1. The van der Waals surface area contributed by atoms with E-state index in [0.717, 1.165) is 0 Å². The number of azide groups is 1. The SMILES string of the molecule is CC(=O)c1ccncc1CN=[N+]=[N-]. The van der Waals surface area contributed by atoms with E-state index in [0.29, 0.717) is 11.1 Å². The van der Waals surface area contributed by atoms with Crippen molar-refractivity contribution in [1.82, 2.24) is 4.98 Å². The van der Waals surface area contributed by atoms with Crippen LogP contribution in [0, 0.1) is 0 Å². The molecule has 0 radical (unpaired) electrons. The topological polar surface area (TPSA) is 78.7 Å². The monoisotopic (exact) mass is 176 g/mol. The molecule has 0 unspecified atom stereocenters. The van der Waals surface area contributed by atoms with Gasteiger partial charge in [-0.3, -0.25) is 9.78 Å². The molecule has 0 N–H and O–H groups in total. The standard InChI is InChI=1S/C8H8N4O/c1-6(13)8-2-3-10-4-7(8)5-11-12-9/h2-4H,5H2,1H3. The van der Waals surface area contributed by atoms with Crippen molar-refractivity contribution >= 4 is 5.78 Å². The van der Waals surface area contributed by atoms with Crippen molar-refractivity contribution < 1.29 is 4.79 Å². The van der Waals surface area contributed by atoms with Crippen LogP contribution in [0.3, 0.4) is 0 Å². The molecule has 0 aliphatic carbocycles. The van der Waals surface area contributed by atoms with E-state index in [1.807, 2.05) is 0 Å². The third-order valence-electron chi connectivity index (χ3n) is 1.59. The maximum atomic E-state index is 11.1. The maximum absolute atomic E-state index is 11.1. The minimum Gasteiger partial charge on any atom is -0.294 e. The van der Waals surface area contributed by atoms with Crippen LogP contribution < -0.4 is 0 Å². The number of hydrogen-bond donors (Lipinski definition) is 0. The lowest BCUT2D eigenvalue weighted by Crippen LogP contribution is -1.98. The van der Waals surface area contributed by atoms with Gasteiger partial charge in [0, 0.05) is 22.9 Å². The van der Waals surface area contributed by atoms with E-state index in [1.165, 1.54) is 19.3 Å². The summed E-state index contributed by atoms with van der Waals surface area (Å²) < 4.78 is 0. The molecule has 0 bridgehead atoms. The second kappa shape index (κ2) is 4.23. The van der Waals surface area contributed by atoms with Gasteiger partial charge in [0.15, 0.2) is 5.78 Å². The van der Waals surface area contributed by atoms with Crippen molar-refractivity contribution in [3.8, 4) is 0 Å². The van der Waals surface area contributed by atoms with Gasteiger partial charge < -0.3 is 0 Å². The first-order chi connectivity index (χ1) is 6.25. The number of pyridine rings is 1. The van der Waals surface area contributed by atoms with Crippen LogP contribution >= 0.6 is 0 Å². The van der Waals surface area contributed by atoms with Gasteiger partial charge in [0.25, 0.3) is 0 Å². The first-order valence-electron chi connectivity index (χ1n) is 3.70. The quantitative estimate of drug-likeness (QED) is 0.306. The Balaban J connectivity index is 3.04. The number of nitrogens with zero attached hydrogens (tertiary/aromatic N) is 4. The van der Waals surface area contributed by atoms with E-state index in [4.69, 9.17) is 5.53 Å². The molecule has 0 atom stereocenters. The second-order valence-corrected chi connectivity index (χ2v) is 2.48. The highest BCUT2D eigenvalue weighted by atomic mass is 16.1. The Morgan fingerprint density at radius 2 is 2.54 bits per heavy atom. The predicted molar refractivity (Wildman–Crippen MR) is 47.1 cm³/mol. The molecule has 13 heavy (non-hydrogen) atoms. The van der Waals surface area contributed by atoms with Crippen LogP contribution in [-0.4, -0.2) is 10.8 Å². The molecule has 0 saturated carbocycles. The molecule has 5 heteroatoms. The van der Waals surface area contributed by atoms with Gasteiger partial charge in [-0.15, -0.1) is 0 Å². The van der Waals surface area contributed by atoms with Crippen LogP contribution in [0.2, 0.25) is 0 Å². The fourth-order valence-corrected chi connectivity index (χ4v) is 1.00. The number of carbonyl (C=O) groups excluding carboxylic acids is 1. The summed E-state index contributed by atoms with van der Waals surface area (Å²) in [5.74, 6) is -0.0504. The number of rotatable bonds is 3. The van der Waals surface area contributed by atoms with Crippen molar-refractivity contribution in [2.75, 3.05) is 0 Å². The van der Waals surface area contributed by atoms with Crippen LogP contribution in [0.4, 0.5) is 0 Å². The molecule has 0 fully saturated rings. The van der Waals surface area contributed by atoms with E-state index in [2.05, 4.69) is 15.0 Å². The zero-order valence-corrected chi connectivity index (χ0v) is 7.14. The molecule has 0 saturated heterocycles. The fraction of sp³-hybridized carbons (Fsp3) is 0.250. The van der Waals surface area contributed by atoms with E-state index in [9.17, 15) is 4.79 Å². The van der Waals surface area contributed by atoms with E-state index in [-0.39, 0.29) is 12.3 Å². The summed E-state index contributed by atoms with van der Waals surface area (Å²) in [7, 11) is 0. The lowest BCUT2D eigenvalue weighted by molar-refractivity contribution is 0.101. The van der Waals surface area contributed by atoms with Crippen molar-refractivity contribution in [3.63, 3.8) is 0 Å². The van der Waals surface area contributed by atoms with Gasteiger partial charge in [0.1, 0.15) is 0 Å². The van der Waals surface area contributed by atoms with Gasteiger partial charge in [0.2, 0.25) is 0 Å². The minimum absolute atomic E-state index is 0.0504. The average molecular weight is 176 g/mol. The molecule has 0 amide bonds. The summed E-state index contributed by atoms with van der Waals surface area (Å²) in [6.07, 6.45) is 3.07. The van der Waals surface area contributed by atoms with Crippen LogP contribution in [0.15, 0.2) is 23.6 Å². The molecule has 0 spiro atoms. The van der Waals surface area contributed by atoms with Gasteiger partial charge in [-0.1, -0.05) is 5.11 Å². The van der Waals surface area contributed by atoms with Gasteiger partial charge >= 0.3 is 0 Å². The van der Waals surface area contributed by atoms with Crippen LogP contribution in [0.5, 0.6) is 0 Å². The molecule has 66 valence electrons. The van der Waals surface area contributed by atoms with E-state index >= 15 is 0 Å². The number of ketones is 1. The summed E-state index contributed by atoms with van der Waals surface area (Å²) in [5, 5.41) is 3.37. The Morgan fingerprint density at radius 1 is 1.77 bits per heavy atom. The van der Waals surface area contributed by atoms with Crippen molar-refractivity contribution in [1.29, 1.82) is 0 Å². The normalized spacial score (nSPS) is 9.00. The summed E-state index contributed by atoms with van der Waals surface area (Å²) in [4.78, 5) is 17.5. The third kappa shape index (κ3) is 2.28. The average Bonchev–Trinajstić information content (AvgIpc) is 2.15. The Bertz CT molecular complexity index is 368. The van der Waals surface area contributed by atoms with E-state index in [1.54, 1.807) is 6.07 Å². The molecule has 1 rings (SSSR count). The lowest BCUT2D eigenvalue weighted by atomic mass is 10.1. The molecular weight excluding hydrogens is 168 g/mol. The van der Waals surface area contributed by atoms with Crippen molar-refractivity contribution in [2.45, 2.75) is 13.5 Å². The van der Waals surface area contributed by atoms with E-state index < -0.39 is 0 Å². The number of hydrogen-bond acceptors (Lipinski definition) is 3. The van der Waals surface area contributed by atoms with Gasteiger partial charge in [-0.05, 0) is 24.1 Å². The summed E-state index contributed by atoms with van der Waals surface area (Å²) in [5.41, 5.74) is 9.33. The third-order valence-corrected chi connectivity index (χ3v) is 1.59. The zero-order chi connectivity index (χ0) is 9.68. The maximum Gasteiger partial charge on any atom is 0.160 e. The molecule has 1 aromatic rings. The van der Waals surface area contributed by atoms with Crippen molar-refractivity contribution in [3.05, 3.63) is 40.0 Å². The predicted octanol–water partition coefficient (Wildman–Crippen LogP) is 2.09. The van der Waals surface area contributed by atoms with Gasteiger partial charge in [-0.2, -0.15) is 0 Å². The Hall–Kier alpha value is -1.87. The highest BCUT2D eigenvalue weighted by molar-refractivity contribution is 5.95. The molecule has 0 aromatic carbocycles. The summed E-state index contributed by atoms with van der Waals surface area (Å²) in [6.45, 7) is 1.63. The second-order valence-electron chi connectivity index (χ2n) is 2.48. The lowest BCUT2D eigenvalue weighted by Gasteiger charge is -2.00. The smallest absolute Gasteiger partial charge is 0.160 e. The molecular formula is C8H8N4O. The summed E-state index contributed by atoms with van der Waals surface area (Å²) in [6, 6.07) is 1.62. The highest BCUT2D eigenvalue weighted by Gasteiger charge is 2.04. The number of carbonyl (C=O) groups is 1. The number of Topliss-reactive ketones (excluding diaryl/α,β-unsaturated/α-hetero) is 1. The molecule has 0 aliphatic rings. The molecule has 1 aromatic heterocycles. The van der Waals surface area contributed by atoms with Crippen LogP contribution in [-0.2, 0) is 6.54 Å². The van der Waals surface area contributed by atoms with Crippen LogP contribution in [0.25, 0.3) is 10.4 Å². The molecule has 0 aliphatic heterocycles. The molecule has 1 heterocycles. The highest BCUT2D eigenvalue weighted by Crippen LogP contribution is 2.08. The molecule has 5 nitrogen and oxygen atoms in total. The summed E-state index contributed by atoms with van der Waals surface area (Å²) >= 11 is 0. The minimum atomic E-state index is -0.0504. The largest absolute Gasteiger partial charge is 0.294 e. The zero-order valence-electron chi connectivity index (χ0n) is 7.14. The Morgan fingerprint density at radius 3 is 3.15 bits per heavy atom. The van der Waals surface area contributed by atoms with Crippen molar-refractivity contribution in [2.24, 2.45) is 5.11 Å². The van der Waals surface area contributed by atoms with Gasteiger partial charge in [0.05, 0.1) is 6.54 Å². The van der Waals surface area contributed by atoms with Crippen LogP contribution in [0.1, 0.15) is 22.8 Å². The first kappa shape index (κ1) is 9.22.